The first-order chi connectivity index (χ1) is 12.2. The van der Waals surface area contributed by atoms with Crippen LogP contribution in [0, 0.1) is 0 Å². The van der Waals surface area contributed by atoms with Gasteiger partial charge in [0.25, 0.3) is 0 Å². The number of halogens is 2. The van der Waals surface area contributed by atoms with Crippen LogP contribution in [0.25, 0.3) is 21.9 Å². The highest BCUT2D eigenvalue weighted by molar-refractivity contribution is 7.89. The molecule has 0 aliphatic rings. The Kier molecular flexibility index (Phi) is 4.68. The van der Waals surface area contributed by atoms with Crippen molar-refractivity contribution >= 4 is 38.2 Å². The number of furan rings is 1. The first-order valence-electron chi connectivity index (χ1n) is 7.64. The molecule has 0 aliphatic carbocycles. The molecule has 0 spiro atoms. The lowest BCUT2D eigenvalue weighted by Crippen LogP contribution is -2.30. The van der Waals surface area contributed by atoms with Crippen LogP contribution < -0.4 is 9.46 Å². The quantitative estimate of drug-likeness (QED) is 0.656. The van der Waals surface area contributed by atoms with Crippen LogP contribution in [0.5, 0.6) is 5.75 Å². The molecule has 0 atom stereocenters. The van der Waals surface area contributed by atoms with Gasteiger partial charge in [0.05, 0.1) is 4.90 Å². The third kappa shape index (κ3) is 3.27. The van der Waals surface area contributed by atoms with Gasteiger partial charge in [-0.25, -0.2) is 13.1 Å². The smallest absolute Gasteiger partial charge is 0.387 e. The van der Waals surface area contributed by atoms with Crippen molar-refractivity contribution in [2.45, 2.75) is 31.4 Å². The third-order valence-electron chi connectivity index (χ3n) is 3.63. The van der Waals surface area contributed by atoms with Crippen LogP contribution in [0.3, 0.4) is 0 Å². The molecule has 26 heavy (non-hydrogen) atoms. The van der Waals surface area contributed by atoms with E-state index in [0.29, 0.717) is 11.7 Å². The highest BCUT2D eigenvalue weighted by Gasteiger charge is 2.21. The highest BCUT2D eigenvalue weighted by atomic mass is 32.2. The van der Waals surface area contributed by atoms with Gasteiger partial charge < -0.3 is 9.15 Å². The topological polar surface area (TPSA) is 85.6 Å². The molecule has 0 unspecified atom stereocenters. The second-order valence-corrected chi connectivity index (χ2v) is 7.60. The zero-order chi connectivity index (χ0) is 19.1. The van der Waals surface area contributed by atoms with Crippen LogP contribution in [-0.4, -0.2) is 27.4 Å². The minimum absolute atomic E-state index is 0.0292. The van der Waals surface area contributed by atoms with E-state index in [-0.39, 0.29) is 38.8 Å². The van der Waals surface area contributed by atoms with E-state index in [9.17, 15) is 22.0 Å². The number of aldehydes is 1. The predicted octanol–water partition coefficient (Wildman–Crippen LogP) is 3.69. The lowest BCUT2D eigenvalue weighted by molar-refractivity contribution is -0.0493. The van der Waals surface area contributed by atoms with Gasteiger partial charge in [-0.2, -0.15) is 8.78 Å². The van der Waals surface area contributed by atoms with Crippen molar-refractivity contribution in [3.05, 3.63) is 35.9 Å². The molecule has 0 bridgehead atoms. The fraction of sp³-hybridized carbons (Fsp3) is 0.235. The molecule has 1 aromatic heterocycles. The molecular weight excluding hydrogens is 368 g/mol. The van der Waals surface area contributed by atoms with Gasteiger partial charge >= 0.3 is 6.61 Å². The van der Waals surface area contributed by atoms with E-state index in [1.807, 2.05) is 0 Å². The van der Waals surface area contributed by atoms with Crippen LogP contribution in [-0.2, 0) is 10.0 Å². The minimum atomic E-state index is -3.78. The third-order valence-corrected chi connectivity index (χ3v) is 5.29. The van der Waals surface area contributed by atoms with Crippen molar-refractivity contribution in [2.75, 3.05) is 0 Å². The van der Waals surface area contributed by atoms with Crippen molar-refractivity contribution in [2.24, 2.45) is 0 Å². The van der Waals surface area contributed by atoms with E-state index in [1.54, 1.807) is 13.8 Å². The first-order valence-corrected chi connectivity index (χ1v) is 9.13. The number of fused-ring (bicyclic) bond motifs is 3. The maximum absolute atomic E-state index is 12.6. The molecule has 1 N–H and O–H groups in total. The Morgan fingerprint density at radius 1 is 1.19 bits per heavy atom. The SMILES string of the molecule is CC(C)NS(=O)(=O)c1ccc2oc3c(OC(F)F)ccc(C=O)c3c2c1. The fourth-order valence-corrected chi connectivity index (χ4v) is 3.97. The van der Waals surface area contributed by atoms with E-state index in [1.165, 1.54) is 30.3 Å². The first kappa shape index (κ1) is 18.3. The number of nitrogens with one attached hydrogen (secondary N) is 1. The summed E-state index contributed by atoms with van der Waals surface area (Å²) in [4.78, 5) is 11.3. The summed E-state index contributed by atoms with van der Waals surface area (Å²) in [6.07, 6.45) is 0.539. The lowest BCUT2D eigenvalue weighted by atomic mass is 10.1. The second-order valence-electron chi connectivity index (χ2n) is 5.89. The molecule has 3 aromatic rings. The molecule has 0 saturated carbocycles. The van der Waals surface area contributed by atoms with Gasteiger partial charge in [0.2, 0.25) is 10.0 Å². The van der Waals surface area contributed by atoms with Crippen LogP contribution in [0.1, 0.15) is 24.2 Å². The summed E-state index contributed by atoms with van der Waals surface area (Å²) in [5.41, 5.74) is 0.375. The van der Waals surface area contributed by atoms with E-state index < -0.39 is 16.6 Å². The maximum atomic E-state index is 12.6. The average Bonchev–Trinajstić information content (AvgIpc) is 2.93. The van der Waals surface area contributed by atoms with Crippen LogP contribution in [0.2, 0.25) is 0 Å². The van der Waals surface area contributed by atoms with Gasteiger partial charge in [0.1, 0.15) is 5.58 Å². The van der Waals surface area contributed by atoms with E-state index in [2.05, 4.69) is 9.46 Å². The Morgan fingerprint density at radius 3 is 2.54 bits per heavy atom. The van der Waals surface area contributed by atoms with E-state index in [0.717, 1.165) is 0 Å². The molecule has 0 saturated heterocycles. The predicted molar refractivity (Wildman–Crippen MR) is 91.2 cm³/mol. The maximum Gasteiger partial charge on any atom is 0.387 e. The Balaban J connectivity index is 2.29. The second kappa shape index (κ2) is 6.65. The van der Waals surface area contributed by atoms with Crippen LogP contribution >= 0.6 is 0 Å². The Morgan fingerprint density at radius 2 is 1.92 bits per heavy atom. The van der Waals surface area contributed by atoms with Gasteiger partial charge in [0, 0.05) is 22.4 Å². The van der Waals surface area contributed by atoms with Crippen molar-refractivity contribution in [1.82, 2.24) is 4.72 Å². The Labute approximate surface area is 147 Å². The molecule has 138 valence electrons. The molecule has 2 aromatic carbocycles. The summed E-state index contributed by atoms with van der Waals surface area (Å²) >= 11 is 0. The standard InChI is InChI=1S/C17H15F2NO5S/c1-9(2)20-26(22,23)11-4-6-13-12(7-11)15-10(8-21)3-5-14(16(15)24-13)25-17(18)19/h3-9,17,20H,1-2H3. The molecule has 0 aliphatic heterocycles. The van der Waals surface area contributed by atoms with Gasteiger partial charge in [-0.15, -0.1) is 0 Å². The number of carbonyl (C=O) groups excluding carboxylic acids is 1. The Hall–Kier alpha value is -2.52. The molecule has 6 nitrogen and oxygen atoms in total. The molecular formula is C17H15F2NO5S. The van der Waals surface area contributed by atoms with Gasteiger partial charge in [-0.1, -0.05) is 0 Å². The molecule has 0 radical (unpaired) electrons. The number of rotatable bonds is 6. The Bertz CT molecular complexity index is 1090. The number of alkyl halides is 2. The van der Waals surface area contributed by atoms with Crippen LogP contribution in [0.4, 0.5) is 8.78 Å². The van der Waals surface area contributed by atoms with Crippen molar-refractivity contribution in [3.63, 3.8) is 0 Å². The molecule has 0 amide bonds. The number of sulfonamides is 1. The molecule has 1 heterocycles. The number of carbonyl (C=O) groups is 1. The largest absolute Gasteiger partial charge is 0.452 e. The van der Waals surface area contributed by atoms with Gasteiger partial charge in [0.15, 0.2) is 17.6 Å². The monoisotopic (exact) mass is 383 g/mol. The number of ether oxygens (including phenoxy) is 1. The minimum Gasteiger partial charge on any atom is -0.452 e. The van der Waals surface area contributed by atoms with E-state index in [4.69, 9.17) is 4.42 Å². The van der Waals surface area contributed by atoms with Crippen molar-refractivity contribution < 1.29 is 31.1 Å². The number of hydrogen-bond acceptors (Lipinski definition) is 5. The zero-order valence-electron chi connectivity index (χ0n) is 13.8. The zero-order valence-corrected chi connectivity index (χ0v) is 14.6. The lowest BCUT2D eigenvalue weighted by Gasteiger charge is -2.09. The highest BCUT2D eigenvalue weighted by Crippen LogP contribution is 2.38. The van der Waals surface area contributed by atoms with E-state index >= 15 is 0 Å². The van der Waals surface area contributed by atoms with Crippen molar-refractivity contribution in [3.8, 4) is 5.75 Å². The van der Waals surface area contributed by atoms with Gasteiger partial charge in [-0.3, -0.25) is 4.79 Å². The normalized spacial score (nSPS) is 12.4. The fourth-order valence-electron chi connectivity index (χ4n) is 2.69. The summed E-state index contributed by atoms with van der Waals surface area (Å²) in [5.74, 6) is -0.235. The number of hydrogen-bond donors (Lipinski definition) is 1. The molecule has 0 fully saturated rings. The molecule has 9 heteroatoms. The summed E-state index contributed by atoms with van der Waals surface area (Å²) in [7, 11) is -3.78. The molecule has 3 rings (SSSR count). The summed E-state index contributed by atoms with van der Waals surface area (Å²) in [6.45, 7) is 0.295. The van der Waals surface area contributed by atoms with Gasteiger partial charge in [-0.05, 0) is 44.2 Å². The van der Waals surface area contributed by atoms with Crippen molar-refractivity contribution in [1.29, 1.82) is 0 Å². The number of benzene rings is 2. The summed E-state index contributed by atoms with van der Waals surface area (Å²) in [5, 5.41) is 0.531. The average molecular weight is 383 g/mol. The summed E-state index contributed by atoms with van der Waals surface area (Å²) in [6, 6.07) is 6.29. The van der Waals surface area contributed by atoms with Crippen LogP contribution in [0.15, 0.2) is 39.6 Å². The summed E-state index contributed by atoms with van der Waals surface area (Å²) < 4.78 is 62.4.